The first-order valence-electron chi connectivity index (χ1n) is 9.39. The number of carbonyl (C=O) groups is 1. The molecule has 132 valence electrons. The molecular weight excluding hydrogens is 300 g/mol. The molecule has 1 aromatic rings. The number of carbonyl (C=O) groups excluding carboxylic acids is 1. The summed E-state index contributed by atoms with van der Waals surface area (Å²) in [5.41, 5.74) is 7.11. The maximum Gasteiger partial charge on any atom is 0.227 e. The Hall–Kier alpha value is -1.62. The number of nitrogens with one attached hydrogen (secondary N) is 1. The lowest BCUT2D eigenvalue weighted by Crippen LogP contribution is -2.48. The second kappa shape index (κ2) is 7.51. The van der Waals surface area contributed by atoms with Gasteiger partial charge >= 0.3 is 0 Å². The molecule has 2 unspecified atom stereocenters. The summed E-state index contributed by atoms with van der Waals surface area (Å²) in [6, 6.07) is 4.24. The Balaban J connectivity index is 1.61. The third kappa shape index (κ3) is 3.56. The average molecular weight is 330 g/mol. The highest BCUT2D eigenvalue weighted by Gasteiger charge is 2.40. The van der Waals surface area contributed by atoms with Crippen LogP contribution in [0.3, 0.4) is 0 Å². The van der Waals surface area contributed by atoms with Gasteiger partial charge in [0.05, 0.1) is 11.9 Å². The molecule has 2 saturated carbocycles. The van der Waals surface area contributed by atoms with E-state index in [9.17, 15) is 4.79 Å². The van der Waals surface area contributed by atoms with Crippen molar-refractivity contribution in [1.29, 1.82) is 0 Å². The molecule has 0 saturated heterocycles. The Kier molecular flexibility index (Phi) is 5.39. The van der Waals surface area contributed by atoms with Gasteiger partial charge in [-0.15, -0.1) is 0 Å². The van der Waals surface area contributed by atoms with Crippen molar-refractivity contribution in [1.82, 2.24) is 4.98 Å². The average Bonchev–Trinajstić information content (AvgIpc) is 2.57. The number of amides is 1. The number of hydrogen-bond donors (Lipinski definition) is 2. The Bertz CT molecular complexity index is 541. The van der Waals surface area contributed by atoms with Gasteiger partial charge in [0, 0.05) is 25.0 Å². The molecule has 0 radical (unpaired) electrons. The molecular formula is C19H30N4O. The molecule has 2 fully saturated rings. The highest BCUT2D eigenvalue weighted by Crippen LogP contribution is 2.42. The largest absolute Gasteiger partial charge is 0.357 e. The summed E-state index contributed by atoms with van der Waals surface area (Å²) >= 11 is 0. The van der Waals surface area contributed by atoms with E-state index in [0.29, 0.717) is 17.9 Å². The van der Waals surface area contributed by atoms with Crippen LogP contribution >= 0.6 is 0 Å². The zero-order valence-corrected chi connectivity index (χ0v) is 14.9. The van der Waals surface area contributed by atoms with Crippen molar-refractivity contribution in [3.05, 3.63) is 18.3 Å². The third-order valence-electron chi connectivity index (χ3n) is 5.89. The minimum Gasteiger partial charge on any atom is -0.357 e. The van der Waals surface area contributed by atoms with Gasteiger partial charge in [0.15, 0.2) is 0 Å². The van der Waals surface area contributed by atoms with E-state index in [1.807, 2.05) is 12.1 Å². The van der Waals surface area contributed by atoms with Crippen LogP contribution in [0.2, 0.25) is 0 Å². The molecule has 5 nitrogen and oxygen atoms in total. The summed E-state index contributed by atoms with van der Waals surface area (Å²) in [7, 11) is 0. The summed E-state index contributed by atoms with van der Waals surface area (Å²) in [5, 5.41) is 3.06. The molecule has 3 rings (SSSR count). The summed E-state index contributed by atoms with van der Waals surface area (Å²) in [6.07, 6.45) is 7.28. The molecule has 1 aromatic heterocycles. The predicted octanol–water partition coefficient (Wildman–Crippen LogP) is 3.02. The third-order valence-corrected chi connectivity index (χ3v) is 5.89. The molecule has 2 bridgehead atoms. The summed E-state index contributed by atoms with van der Waals surface area (Å²) < 4.78 is 0. The fraction of sp³-hybridized carbons (Fsp3) is 0.684. The lowest BCUT2D eigenvalue weighted by atomic mass is 9.65. The van der Waals surface area contributed by atoms with E-state index >= 15 is 0 Å². The van der Waals surface area contributed by atoms with Crippen LogP contribution in [0.1, 0.15) is 46.0 Å². The van der Waals surface area contributed by atoms with E-state index in [1.165, 1.54) is 19.3 Å². The van der Waals surface area contributed by atoms with Crippen molar-refractivity contribution in [2.45, 2.75) is 52.0 Å². The van der Waals surface area contributed by atoms with Crippen molar-refractivity contribution in [2.75, 3.05) is 23.3 Å². The maximum absolute atomic E-state index is 12.6. The van der Waals surface area contributed by atoms with Gasteiger partial charge < -0.3 is 16.0 Å². The van der Waals surface area contributed by atoms with Crippen molar-refractivity contribution >= 4 is 17.4 Å². The van der Waals surface area contributed by atoms with E-state index in [1.54, 1.807) is 6.20 Å². The summed E-state index contributed by atoms with van der Waals surface area (Å²) in [4.78, 5) is 19.3. The van der Waals surface area contributed by atoms with Gasteiger partial charge in [-0.1, -0.05) is 6.42 Å². The van der Waals surface area contributed by atoms with Gasteiger partial charge in [-0.2, -0.15) is 0 Å². The van der Waals surface area contributed by atoms with Crippen molar-refractivity contribution in [2.24, 2.45) is 23.5 Å². The maximum atomic E-state index is 12.6. The Morgan fingerprint density at radius 1 is 1.25 bits per heavy atom. The van der Waals surface area contributed by atoms with E-state index < -0.39 is 0 Å². The first-order valence-corrected chi connectivity index (χ1v) is 9.39. The predicted molar refractivity (Wildman–Crippen MR) is 98.0 cm³/mol. The van der Waals surface area contributed by atoms with Gasteiger partial charge in [0.25, 0.3) is 0 Å². The fourth-order valence-corrected chi connectivity index (χ4v) is 4.44. The molecule has 0 aliphatic heterocycles. The molecule has 2 atom stereocenters. The first-order chi connectivity index (χ1) is 11.6. The molecule has 3 N–H and O–H groups in total. The SMILES string of the molecule is CCN(CC)c1ccc(NC(=O)C2CC3CCCC(C2)C3N)cn1. The van der Waals surface area contributed by atoms with Crippen molar-refractivity contribution in [3.63, 3.8) is 0 Å². The Labute approximate surface area is 145 Å². The van der Waals surface area contributed by atoms with Gasteiger partial charge in [-0.25, -0.2) is 4.98 Å². The van der Waals surface area contributed by atoms with Crippen LogP contribution in [0, 0.1) is 17.8 Å². The van der Waals surface area contributed by atoms with E-state index in [4.69, 9.17) is 5.73 Å². The number of aromatic nitrogens is 1. The van der Waals surface area contributed by atoms with Gasteiger partial charge in [-0.05, 0) is 63.5 Å². The van der Waals surface area contributed by atoms with Crippen molar-refractivity contribution < 1.29 is 4.79 Å². The number of fused-ring (bicyclic) bond motifs is 2. The monoisotopic (exact) mass is 330 g/mol. The molecule has 2 aliphatic carbocycles. The van der Waals surface area contributed by atoms with Gasteiger partial charge in [0.2, 0.25) is 5.91 Å². The first kappa shape index (κ1) is 17.2. The highest BCUT2D eigenvalue weighted by molar-refractivity contribution is 5.92. The number of hydrogen-bond acceptors (Lipinski definition) is 4. The van der Waals surface area contributed by atoms with Crippen LogP contribution in [0.25, 0.3) is 0 Å². The molecule has 1 amide bonds. The lowest BCUT2D eigenvalue weighted by molar-refractivity contribution is -0.122. The Morgan fingerprint density at radius 2 is 1.92 bits per heavy atom. The number of nitrogens with two attached hydrogens (primary N) is 1. The number of pyridine rings is 1. The molecule has 1 heterocycles. The van der Waals surface area contributed by atoms with Crippen LogP contribution in [0.5, 0.6) is 0 Å². The minimum atomic E-state index is 0.0996. The number of nitrogens with zero attached hydrogens (tertiary/aromatic N) is 2. The van der Waals surface area contributed by atoms with Crippen molar-refractivity contribution in [3.8, 4) is 0 Å². The molecule has 0 aromatic carbocycles. The van der Waals surface area contributed by atoms with Crippen LogP contribution in [0.15, 0.2) is 18.3 Å². The topological polar surface area (TPSA) is 71.2 Å². The van der Waals surface area contributed by atoms with Crippen LogP contribution < -0.4 is 16.0 Å². The standard InChI is InChI=1S/C19H30N4O/c1-3-23(4-2)17-9-8-16(12-21-17)22-19(24)15-10-13-6-5-7-14(11-15)18(13)20/h8-9,12-15,18H,3-7,10-11,20H2,1-2H3,(H,22,24). The molecule has 24 heavy (non-hydrogen) atoms. The lowest BCUT2D eigenvalue weighted by Gasteiger charge is -2.43. The van der Waals surface area contributed by atoms with E-state index in [0.717, 1.165) is 37.4 Å². The molecule has 5 heteroatoms. The molecule has 0 spiro atoms. The highest BCUT2D eigenvalue weighted by atomic mass is 16.1. The second-order valence-electron chi connectivity index (χ2n) is 7.26. The van der Waals surface area contributed by atoms with E-state index in [2.05, 4.69) is 29.0 Å². The zero-order chi connectivity index (χ0) is 17.1. The number of anilines is 2. The zero-order valence-electron chi connectivity index (χ0n) is 14.9. The fourth-order valence-electron chi connectivity index (χ4n) is 4.44. The van der Waals surface area contributed by atoms with Gasteiger partial charge in [-0.3, -0.25) is 4.79 Å². The second-order valence-corrected chi connectivity index (χ2v) is 7.26. The number of rotatable bonds is 5. The van der Waals surface area contributed by atoms with Gasteiger partial charge in [0.1, 0.15) is 5.82 Å². The van der Waals surface area contributed by atoms with Crippen LogP contribution in [0.4, 0.5) is 11.5 Å². The smallest absolute Gasteiger partial charge is 0.227 e. The van der Waals surface area contributed by atoms with Crippen LogP contribution in [-0.2, 0) is 4.79 Å². The Morgan fingerprint density at radius 3 is 2.46 bits per heavy atom. The quantitative estimate of drug-likeness (QED) is 0.870. The molecule has 2 aliphatic rings. The summed E-state index contributed by atoms with van der Waals surface area (Å²) in [6.45, 7) is 6.09. The van der Waals surface area contributed by atoms with Crippen LogP contribution in [-0.4, -0.2) is 30.0 Å². The normalized spacial score (nSPS) is 29.1. The summed E-state index contributed by atoms with van der Waals surface area (Å²) in [5.74, 6) is 2.24. The van der Waals surface area contributed by atoms with E-state index in [-0.39, 0.29) is 11.8 Å². The minimum absolute atomic E-state index is 0.0996.